The van der Waals surface area contributed by atoms with E-state index in [2.05, 4.69) is 5.32 Å². The average Bonchev–Trinajstić information content (AvgIpc) is 2.78. The minimum absolute atomic E-state index is 0.0814. The number of hydrogen-bond donors (Lipinski definition) is 1. The van der Waals surface area contributed by atoms with E-state index in [1.807, 2.05) is 30.9 Å². The summed E-state index contributed by atoms with van der Waals surface area (Å²) >= 11 is 0. The van der Waals surface area contributed by atoms with E-state index in [9.17, 15) is 14.0 Å². The molecule has 0 aliphatic carbocycles. The van der Waals surface area contributed by atoms with Crippen molar-refractivity contribution in [1.82, 2.24) is 4.90 Å². The number of rotatable bonds is 10. The summed E-state index contributed by atoms with van der Waals surface area (Å²) in [6.45, 7) is 7.54. The summed E-state index contributed by atoms with van der Waals surface area (Å²) in [6.07, 6.45) is 0.815. The molecular formula is C25H31FN2O5. The largest absolute Gasteiger partial charge is 0.490 e. The summed E-state index contributed by atoms with van der Waals surface area (Å²) in [6, 6.07) is 9.15. The lowest BCUT2D eigenvalue weighted by atomic mass is 9.90. The zero-order chi connectivity index (χ0) is 23.8. The second-order valence-electron chi connectivity index (χ2n) is 7.66. The number of anilines is 1. The lowest BCUT2D eigenvalue weighted by Crippen LogP contribution is -2.41. The van der Waals surface area contributed by atoms with E-state index in [1.54, 1.807) is 6.92 Å². The molecule has 7 nitrogen and oxygen atoms in total. The van der Waals surface area contributed by atoms with Gasteiger partial charge < -0.3 is 19.5 Å². The Bertz CT molecular complexity index is 964. The summed E-state index contributed by atoms with van der Waals surface area (Å²) in [4.78, 5) is 27.1. The van der Waals surface area contributed by atoms with Crippen LogP contribution in [0, 0.1) is 5.82 Å². The van der Waals surface area contributed by atoms with Crippen LogP contribution in [0.4, 0.5) is 10.1 Å². The topological polar surface area (TPSA) is 77.1 Å². The van der Waals surface area contributed by atoms with Crippen LogP contribution in [0.2, 0.25) is 0 Å². The van der Waals surface area contributed by atoms with Gasteiger partial charge in [0.25, 0.3) is 0 Å². The van der Waals surface area contributed by atoms with E-state index in [4.69, 9.17) is 14.2 Å². The third-order valence-corrected chi connectivity index (χ3v) is 5.41. The van der Waals surface area contributed by atoms with E-state index >= 15 is 0 Å². The Labute approximate surface area is 193 Å². The van der Waals surface area contributed by atoms with Crippen LogP contribution in [0.3, 0.4) is 0 Å². The second-order valence-corrected chi connectivity index (χ2v) is 7.66. The number of hydrogen-bond acceptors (Lipinski definition) is 6. The third kappa shape index (κ3) is 6.44. The van der Waals surface area contributed by atoms with Gasteiger partial charge in [0, 0.05) is 18.3 Å². The van der Waals surface area contributed by atoms with Crippen LogP contribution in [0.15, 0.2) is 36.4 Å². The molecule has 178 valence electrons. The van der Waals surface area contributed by atoms with Gasteiger partial charge in [0.1, 0.15) is 5.82 Å². The number of amides is 1. The van der Waals surface area contributed by atoms with E-state index in [1.165, 1.54) is 24.3 Å². The molecule has 0 bridgehead atoms. The number of carbonyl (C=O) groups excluding carboxylic acids is 2. The summed E-state index contributed by atoms with van der Waals surface area (Å²) in [5, 5.41) is 2.79. The molecule has 0 spiro atoms. The lowest BCUT2D eigenvalue weighted by Gasteiger charge is -2.37. The van der Waals surface area contributed by atoms with Gasteiger partial charge in [-0.15, -0.1) is 0 Å². The van der Waals surface area contributed by atoms with Crippen molar-refractivity contribution in [2.75, 3.05) is 38.2 Å². The first kappa shape index (κ1) is 24.5. The van der Waals surface area contributed by atoms with Crippen molar-refractivity contribution in [2.45, 2.75) is 39.7 Å². The molecule has 0 saturated heterocycles. The predicted molar refractivity (Wildman–Crippen MR) is 123 cm³/mol. The van der Waals surface area contributed by atoms with Crippen molar-refractivity contribution >= 4 is 17.6 Å². The molecule has 1 atom stereocenters. The van der Waals surface area contributed by atoms with Crippen molar-refractivity contribution in [3.8, 4) is 11.5 Å². The van der Waals surface area contributed by atoms with E-state index in [0.717, 1.165) is 11.1 Å². The maximum Gasteiger partial charge on any atom is 0.307 e. The SMILES string of the molecule is CCOC(=O)C[C@H]1c2cc(OCC)c(OCC)cc2CCN1CC(=O)Nc1ccc(F)cc1. The molecule has 0 unspecified atom stereocenters. The average molecular weight is 459 g/mol. The quantitative estimate of drug-likeness (QED) is 0.540. The third-order valence-electron chi connectivity index (χ3n) is 5.41. The fraction of sp³-hybridized carbons (Fsp3) is 0.440. The Morgan fingerprint density at radius 1 is 1.03 bits per heavy atom. The smallest absolute Gasteiger partial charge is 0.307 e. The number of halogens is 1. The van der Waals surface area contributed by atoms with Gasteiger partial charge in [0.2, 0.25) is 5.91 Å². The first-order valence-electron chi connectivity index (χ1n) is 11.3. The summed E-state index contributed by atoms with van der Waals surface area (Å²) in [7, 11) is 0. The van der Waals surface area contributed by atoms with Crippen LogP contribution in [-0.4, -0.2) is 49.7 Å². The summed E-state index contributed by atoms with van der Waals surface area (Å²) < 4.78 is 29.9. The van der Waals surface area contributed by atoms with Gasteiger partial charge in [0.05, 0.1) is 32.8 Å². The van der Waals surface area contributed by atoms with Gasteiger partial charge in [-0.05, 0) is 74.7 Å². The monoisotopic (exact) mass is 458 g/mol. The van der Waals surface area contributed by atoms with Crippen LogP contribution in [0.25, 0.3) is 0 Å². The first-order chi connectivity index (χ1) is 15.9. The maximum absolute atomic E-state index is 13.2. The highest BCUT2D eigenvalue weighted by Crippen LogP contribution is 2.40. The highest BCUT2D eigenvalue weighted by molar-refractivity contribution is 5.92. The molecule has 1 aliphatic rings. The van der Waals surface area contributed by atoms with E-state index in [-0.39, 0.29) is 43.3 Å². The number of nitrogens with zero attached hydrogens (tertiary/aromatic N) is 1. The fourth-order valence-corrected chi connectivity index (χ4v) is 4.02. The van der Waals surface area contributed by atoms with Gasteiger partial charge in [-0.1, -0.05) is 0 Å². The molecular weight excluding hydrogens is 427 g/mol. The zero-order valence-corrected chi connectivity index (χ0v) is 19.4. The molecule has 0 radical (unpaired) electrons. The molecule has 33 heavy (non-hydrogen) atoms. The highest BCUT2D eigenvalue weighted by Gasteiger charge is 2.32. The zero-order valence-electron chi connectivity index (χ0n) is 19.4. The molecule has 2 aromatic rings. The van der Waals surface area contributed by atoms with Crippen molar-refractivity contribution in [3.63, 3.8) is 0 Å². The van der Waals surface area contributed by atoms with Gasteiger partial charge >= 0.3 is 5.97 Å². The van der Waals surface area contributed by atoms with Crippen molar-refractivity contribution in [3.05, 3.63) is 53.3 Å². The van der Waals surface area contributed by atoms with E-state index in [0.29, 0.717) is 43.4 Å². The summed E-state index contributed by atoms with van der Waals surface area (Å²) in [5.74, 6) is 0.354. The van der Waals surface area contributed by atoms with Crippen molar-refractivity contribution in [2.24, 2.45) is 0 Å². The van der Waals surface area contributed by atoms with Crippen molar-refractivity contribution < 1.29 is 28.2 Å². The molecule has 1 heterocycles. The Morgan fingerprint density at radius 3 is 2.33 bits per heavy atom. The Hall–Kier alpha value is -3.13. The Balaban J connectivity index is 1.86. The van der Waals surface area contributed by atoms with E-state index < -0.39 is 0 Å². The highest BCUT2D eigenvalue weighted by atomic mass is 19.1. The molecule has 1 aliphatic heterocycles. The molecule has 0 aromatic heterocycles. The van der Waals surface area contributed by atoms with Crippen LogP contribution in [-0.2, 0) is 20.7 Å². The predicted octanol–water partition coefficient (Wildman–Crippen LogP) is 4.11. The maximum atomic E-state index is 13.2. The van der Waals surface area contributed by atoms with Gasteiger partial charge in [-0.25, -0.2) is 4.39 Å². The number of benzene rings is 2. The minimum Gasteiger partial charge on any atom is -0.490 e. The van der Waals surface area contributed by atoms with Crippen molar-refractivity contribution in [1.29, 1.82) is 0 Å². The van der Waals surface area contributed by atoms with Gasteiger partial charge in [0.15, 0.2) is 11.5 Å². The Kier molecular flexibility index (Phi) is 8.65. The minimum atomic E-state index is -0.369. The molecule has 2 aromatic carbocycles. The molecule has 1 amide bonds. The molecule has 8 heteroatoms. The second kappa shape index (κ2) is 11.7. The normalized spacial score (nSPS) is 15.5. The number of esters is 1. The molecule has 1 N–H and O–H groups in total. The van der Waals surface area contributed by atoms with Crippen LogP contribution in [0.5, 0.6) is 11.5 Å². The number of fused-ring (bicyclic) bond motifs is 1. The van der Waals surface area contributed by atoms with Gasteiger partial charge in [-0.3, -0.25) is 14.5 Å². The molecule has 0 saturated carbocycles. The van der Waals surface area contributed by atoms with Gasteiger partial charge in [-0.2, -0.15) is 0 Å². The number of nitrogens with one attached hydrogen (secondary N) is 1. The van der Waals surface area contributed by atoms with Crippen LogP contribution in [0.1, 0.15) is 44.4 Å². The van der Waals surface area contributed by atoms with Crippen LogP contribution < -0.4 is 14.8 Å². The fourth-order valence-electron chi connectivity index (χ4n) is 4.02. The number of ether oxygens (including phenoxy) is 3. The van der Waals surface area contributed by atoms with Crippen LogP contribution >= 0.6 is 0 Å². The summed E-state index contributed by atoms with van der Waals surface area (Å²) in [5.41, 5.74) is 2.50. The molecule has 3 rings (SSSR count). The lowest BCUT2D eigenvalue weighted by molar-refractivity contribution is -0.145. The number of carbonyl (C=O) groups is 2. The molecule has 0 fully saturated rings. The first-order valence-corrected chi connectivity index (χ1v) is 11.3. The standard InChI is InChI=1S/C25H31FN2O5/c1-4-31-22-13-17-11-12-28(16-24(29)27-19-9-7-18(26)8-10-19)21(15-25(30)33-6-3)20(17)14-23(22)32-5-2/h7-10,13-14,21H,4-6,11-12,15-16H2,1-3H3,(H,27,29)/t21-/m0/s1. The Morgan fingerprint density at radius 2 is 1.70 bits per heavy atom.